The number of halogens is 3. The Hall–Kier alpha value is -2.64. The van der Waals surface area contributed by atoms with Crippen LogP contribution < -0.4 is 10.6 Å². The van der Waals surface area contributed by atoms with Crippen molar-refractivity contribution in [2.24, 2.45) is 0 Å². The van der Waals surface area contributed by atoms with Gasteiger partial charge in [-0.25, -0.2) is 4.98 Å². The quantitative estimate of drug-likeness (QED) is 0.774. The molecule has 7 nitrogen and oxygen atoms in total. The van der Waals surface area contributed by atoms with E-state index in [0.717, 1.165) is 0 Å². The number of anilines is 3. The fraction of sp³-hybridized carbons (Fsp3) is 0.429. The van der Waals surface area contributed by atoms with E-state index < -0.39 is 28.2 Å². The van der Waals surface area contributed by atoms with Crippen molar-refractivity contribution in [3.8, 4) is 6.07 Å². The fourth-order valence-corrected chi connectivity index (χ4v) is 2.08. The van der Waals surface area contributed by atoms with Crippen LogP contribution >= 0.6 is 0 Å². The number of hydrogen-bond donors (Lipinski definition) is 2. The summed E-state index contributed by atoms with van der Waals surface area (Å²) < 4.78 is 40.1. The van der Waals surface area contributed by atoms with Gasteiger partial charge in [-0.2, -0.15) is 28.5 Å². The lowest BCUT2D eigenvalue weighted by atomic mass is 9.41. The van der Waals surface area contributed by atoms with Gasteiger partial charge in [-0.1, -0.05) is 5.11 Å². The van der Waals surface area contributed by atoms with Crippen LogP contribution in [-0.4, -0.2) is 50.3 Å². The summed E-state index contributed by atoms with van der Waals surface area (Å²) in [6.45, 7) is 3.18. The third kappa shape index (κ3) is 4.38. The Balaban J connectivity index is 2.50. The number of rotatable bonds is 5. The summed E-state index contributed by atoms with van der Waals surface area (Å²) in [6, 6.07) is 2.04. The van der Waals surface area contributed by atoms with Crippen molar-refractivity contribution in [1.82, 2.24) is 19.7 Å². The SMILES string of the molecule is [B]C([B])([B])c1nn(C(C)(C)C#N)cc1Nc1ncc(C(F)(F)F)c(NC)n1. The molecule has 2 rings (SSSR count). The van der Waals surface area contributed by atoms with E-state index in [0.29, 0.717) is 6.20 Å². The minimum absolute atomic E-state index is 0.0275. The van der Waals surface area contributed by atoms with Crippen molar-refractivity contribution in [2.75, 3.05) is 17.7 Å². The Kier molecular flexibility index (Phi) is 5.23. The van der Waals surface area contributed by atoms with Crippen molar-refractivity contribution in [2.45, 2.75) is 30.7 Å². The van der Waals surface area contributed by atoms with Gasteiger partial charge in [0.25, 0.3) is 0 Å². The number of alkyl halides is 3. The van der Waals surface area contributed by atoms with Gasteiger partial charge >= 0.3 is 6.18 Å². The van der Waals surface area contributed by atoms with Gasteiger partial charge in [0.1, 0.15) is 16.9 Å². The van der Waals surface area contributed by atoms with E-state index in [1.807, 2.05) is 6.07 Å². The number of nitriles is 1. The van der Waals surface area contributed by atoms with Crippen LogP contribution in [0.3, 0.4) is 0 Å². The molecular weight excluding hydrogens is 356 g/mol. The van der Waals surface area contributed by atoms with Gasteiger partial charge < -0.3 is 10.6 Å². The predicted molar refractivity (Wildman–Crippen MR) is 96.0 cm³/mol. The first kappa shape index (κ1) is 20.7. The molecule has 0 aliphatic carbocycles. The highest BCUT2D eigenvalue weighted by molar-refractivity contribution is 6.59. The minimum Gasteiger partial charge on any atom is -0.372 e. The molecule has 0 bridgehead atoms. The number of nitrogens with one attached hydrogen (secondary N) is 2. The van der Waals surface area contributed by atoms with Crippen LogP contribution in [0.2, 0.25) is 0 Å². The molecule has 0 atom stereocenters. The van der Waals surface area contributed by atoms with Crippen LogP contribution in [0, 0.1) is 11.3 Å². The van der Waals surface area contributed by atoms with Crippen molar-refractivity contribution in [3.05, 3.63) is 23.7 Å². The Morgan fingerprint density at radius 3 is 2.33 bits per heavy atom. The Morgan fingerprint density at radius 2 is 1.85 bits per heavy atom. The van der Waals surface area contributed by atoms with E-state index in [2.05, 4.69) is 25.7 Å². The molecule has 0 amide bonds. The van der Waals surface area contributed by atoms with Gasteiger partial charge in [-0.05, 0) is 13.8 Å². The molecule has 0 unspecified atom stereocenters. The summed E-state index contributed by atoms with van der Waals surface area (Å²) in [6.07, 6.45) is -2.60. The van der Waals surface area contributed by atoms with Crippen LogP contribution in [0.25, 0.3) is 0 Å². The summed E-state index contributed by atoms with van der Waals surface area (Å²) in [5, 5.41) is 16.5. The fourth-order valence-electron chi connectivity index (χ4n) is 2.08. The molecule has 0 saturated heterocycles. The van der Waals surface area contributed by atoms with E-state index >= 15 is 0 Å². The highest BCUT2D eigenvalue weighted by atomic mass is 19.4. The smallest absolute Gasteiger partial charge is 0.372 e. The van der Waals surface area contributed by atoms with Crippen molar-refractivity contribution in [1.29, 1.82) is 5.26 Å². The van der Waals surface area contributed by atoms with Crippen molar-refractivity contribution in [3.63, 3.8) is 0 Å². The molecule has 0 aliphatic rings. The number of nitrogens with zero attached hydrogens (tertiary/aromatic N) is 5. The van der Waals surface area contributed by atoms with Gasteiger partial charge in [0, 0.05) is 13.2 Å². The molecular formula is C14H13B3F3N7. The van der Waals surface area contributed by atoms with Gasteiger partial charge in [0.2, 0.25) is 5.95 Å². The highest BCUT2D eigenvalue weighted by Crippen LogP contribution is 2.34. The lowest BCUT2D eigenvalue weighted by Gasteiger charge is -2.20. The number of aromatic nitrogens is 4. The average molecular weight is 369 g/mol. The molecule has 0 fully saturated rings. The molecule has 0 aromatic carbocycles. The van der Waals surface area contributed by atoms with Crippen LogP contribution in [0.15, 0.2) is 12.4 Å². The predicted octanol–water partition coefficient (Wildman–Crippen LogP) is 1.35. The summed E-state index contributed by atoms with van der Waals surface area (Å²) in [4.78, 5) is 7.45. The number of hydrogen-bond acceptors (Lipinski definition) is 6. The van der Waals surface area contributed by atoms with E-state index in [-0.39, 0.29) is 17.3 Å². The zero-order valence-corrected chi connectivity index (χ0v) is 14.8. The third-order valence-electron chi connectivity index (χ3n) is 3.55. The van der Waals surface area contributed by atoms with Gasteiger partial charge in [0.15, 0.2) is 0 Å². The lowest BCUT2D eigenvalue weighted by Crippen LogP contribution is -2.30. The standard InChI is InChI=1S/C14H13B3F3N7/c1-12(2,6-21)27-5-8(9(26-27)13(15,16)17)24-11-23-4-7(14(18,19)20)10(22-3)25-11/h4-5H,1-3H3,(H2,22,23,24,25). The first-order valence-electron chi connectivity index (χ1n) is 7.57. The molecule has 27 heavy (non-hydrogen) atoms. The van der Waals surface area contributed by atoms with E-state index in [1.54, 1.807) is 13.8 Å². The van der Waals surface area contributed by atoms with E-state index in [4.69, 9.17) is 23.5 Å². The van der Waals surface area contributed by atoms with Crippen molar-refractivity contribution < 1.29 is 13.2 Å². The molecule has 2 N–H and O–H groups in total. The molecule has 13 heteroatoms. The first-order valence-corrected chi connectivity index (χ1v) is 7.57. The molecule has 0 saturated carbocycles. The minimum atomic E-state index is -4.62. The Bertz CT molecular complexity index is 882. The van der Waals surface area contributed by atoms with Gasteiger partial charge in [0.05, 0.1) is 47.2 Å². The maximum absolute atomic E-state index is 13.0. The third-order valence-corrected chi connectivity index (χ3v) is 3.55. The van der Waals surface area contributed by atoms with E-state index in [1.165, 1.54) is 17.9 Å². The molecule has 2 heterocycles. The van der Waals surface area contributed by atoms with Crippen LogP contribution in [0.4, 0.5) is 30.6 Å². The maximum atomic E-state index is 13.0. The topological polar surface area (TPSA) is 91.5 Å². The first-order chi connectivity index (χ1) is 12.3. The second kappa shape index (κ2) is 6.83. The van der Waals surface area contributed by atoms with E-state index in [9.17, 15) is 18.4 Å². The lowest BCUT2D eigenvalue weighted by molar-refractivity contribution is -0.137. The summed E-state index contributed by atoms with van der Waals surface area (Å²) >= 11 is 0. The zero-order chi connectivity index (χ0) is 20.6. The summed E-state index contributed by atoms with van der Waals surface area (Å²) in [5.74, 6) is -0.599. The molecule has 2 aromatic heterocycles. The molecule has 6 radical (unpaired) electrons. The zero-order valence-electron chi connectivity index (χ0n) is 14.8. The van der Waals surface area contributed by atoms with Crippen molar-refractivity contribution >= 4 is 41.0 Å². The molecule has 2 aromatic rings. The summed E-state index contributed by atoms with van der Waals surface area (Å²) in [5.41, 5.74) is -1.97. The van der Waals surface area contributed by atoms with Crippen LogP contribution in [0.1, 0.15) is 25.1 Å². The van der Waals surface area contributed by atoms with Gasteiger partial charge in [-0.3, -0.25) is 4.68 Å². The van der Waals surface area contributed by atoms with Crippen LogP contribution in [-0.2, 0) is 16.8 Å². The van der Waals surface area contributed by atoms with Gasteiger partial charge in [-0.15, -0.1) is 0 Å². The second-order valence-electron chi connectivity index (χ2n) is 6.27. The Morgan fingerprint density at radius 1 is 1.22 bits per heavy atom. The second-order valence-corrected chi connectivity index (χ2v) is 6.27. The molecule has 0 aliphatic heterocycles. The summed E-state index contributed by atoms with van der Waals surface area (Å²) in [7, 11) is 18.4. The monoisotopic (exact) mass is 369 g/mol. The molecule has 0 spiro atoms. The molecule has 134 valence electrons. The maximum Gasteiger partial charge on any atom is 0.421 e. The van der Waals surface area contributed by atoms with Crippen LogP contribution in [0.5, 0.6) is 0 Å². The normalized spacial score (nSPS) is 12.5. The highest BCUT2D eigenvalue weighted by Gasteiger charge is 2.35. The largest absolute Gasteiger partial charge is 0.421 e. The Labute approximate surface area is 158 Å². The average Bonchev–Trinajstić information content (AvgIpc) is 2.98.